The van der Waals surface area contributed by atoms with Gasteiger partial charge < -0.3 is 14.5 Å². The molecule has 0 unspecified atom stereocenters. The Morgan fingerprint density at radius 1 is 1.06 bits per heavy atom. The molecule has 3 aromatic rings. The number of rotatable bonds is 5. The number of carbonyl (C=O) groups excluding carboxylic acids is 1. The molecule has 1 aliphatic heterocycles. The van der Waals surface area contributed by atoms with Gasteiger partial charge in [0.25, 0.3) is 11.5 Å². The van der Waals surface area contributed by atoms with Crippen molar-refractivity contribution in [2.75, 3.05) is 33.2 Å². The number of carbonyl (C=O) groups is 1. The van der Waals surface area contributed by atoms with Crippen LogP contribution < -0.4 is 10.3 Å². The number of likely N-dealkylation sites (N-methyl/N-ethyl adjacent to an activating group) is 1. The van der Waals surface area contributed by atoms with Gasteiger partial charge in [0, 0.05) is 60.8 Å². The van der Waals surface area contributed by atoms with Crippen molar-refractivity contribution in [2.45, 2.75) is 13.5 Å². The first-order valence-electron chi connectivity index (χ1n) is 10.8. The first-order valence-corrected chi connectivity index (χ1v) is 11.6. The molecule has 1 aromatic heterocycles. The molecule has 2 heterocycles. The highest BCUT2D eigenvalue weighted by atomic mass is 79.9. The second-order valence-electron chi connectivity index (χ2n) is 8.27. The van der Waals surface area contributed by atoms with Crippen LogP contribution in [0.2, 0.25) is 0 Å². The molecule has 1 saturated heterocycles. The Balaban J connectivity index is 1.59. The maximum Gasteiger partial charge on any atom is 0.273 e. The summed E-state index contributed by atoms with van der Waals surface area (Å²) < 4.78 is 34.4. The lowest BCUT2D eigenvalue weighted by atomic mass is 10.1. The summed E-state index contributed by atoms with van der Waals surface area (Å²) in [5, 5.41) is 0. The highest BCUT2D eigenvalue weighted by molar-refractivity contribution is 9.10. The van der Waals surface area contributed by atoms with Gasteiger partial charge in [-0.25, -0.2) is 8.78 Å². The number of hydrogen-bond acceptors (Lipinski definition) is 4. The summed E-state index contributed by atoms with van der Waals surface area (Å²) in [7, 11) is 2.03. The summed E-state index contributed by atoms with van der Waals surface area (Å²) in [6.45, 7) is 4.53. The van der Waals surface area contributed by atoms with E-state index in [1.807, 2.05) is 11.9 Å². The van der Waals surface area contributed by atoms with Crippen molar-refractivity contribution in [3.63, 3.8) is 0 Å². The Morgan fingerprint density at radius 3 is 2.50 bits per heavy atom. The van der Waals surface area contributed by atoms with Gasteiger partial charge in [-0.1, -0.05) is 6.07 Å². The van der Waals surface area contributed by atoms with Crippen molar-refractivity contribution in [1.82, 2.24) is 14.4 Å². The topological polar surface area (TPSA) is 54.8 Å². The lowest BCUT2D eigenvalue weighted by Crippen LogP contribution is -2.47. The lowest BCUT2D eigenvalue weighted by molar-refractivity contribution is 0.0664. The van der Waals surface area contributed by atoms with Gasteiger partial charge in [-0.2, -0.15) is 0 Å². The number of pyridine rings is 1. The summed E-state index contributed by atoms with van der Waals surface area (Å²) in [5.74, 6) is -1.22. The maximum atomic E-state index is 13.9. The molecule has 34 heavy (non-hydrogen) atoms. The fourth-order valence-corrected chi connectivity index (χ4v) is 4.28. The first kappa shape index (κ1) is 24.1. The average molecular weight is 532 g/mol. The molecule has 0 aliphatic carbocycles. The predicted octanol–water partition coefficient (Wildman–Crippen LogP) is 4.15. The van der Waals surface area contributed by atoms with Crippen molar-refractivity contribution >= 4 is 21.8 Å². The van der Waals surface area contributed by atoms with E-state index in [0.717, 1.165) is 25.2 Å². The maximum absolute atomic E-state index is 13.9. The van der Waals surface area contributed by atoms with E-state index >= 15 is 0 Å². The Kier molecular flexibility index (Phi) is 7.13. The third-order valence-corrected chi connectivity index (χ3v) is 6.57. The van der Waals surface area contributed by atoms with Gasteiger partial charge in [0.1, 0.15) is 28.5 Å². The van der Waals surface area contributed by atoms with Crippen LogP contribution in [0.4, 0.5) is 8.78 Å². The minimum Gasteiger partial charge on any atom is -0.487 e. The average Bonchev–Trinajstić information content (AvgIpc) is 2.82. The minimum absolute atomic E-state index is 0.0685. The Hall–Kier alpha value is -3.04. The number of benzene rings is 2. The summed E-state index contributed by atoms with van der Waals surface area (Å²) in [6.07, 6.45) is 0. The molecule has 0 atom stereocenters. The van der Waals surface area contributed by atoms with E-state index in [9.17, 15) is 18.4 Å². The molecular weight excluding hydrogens is 508 g/mol. The molecule has 1 fully saturated rings. The van der Waals surface area contributed by atoms with Crippen LogP contribution in [0, 0.1) is 18.6 Å². The third-order valence-electron chi connectivity index (χ3n) is 5.84. The molecule has 0 saturated carbocycles. The van der Waals surface area contributed by atoms with E-state index < -0.39 is 11.6 Å². The summed E-state index contributed by atoms with van der Waals surface area (Å²) in [4.78, 5) is 30.1. The van der Waals surface area contributed by atoms with Gasteiger partial charge in [0.15, 0.2) is 0 Å². The minimum atomic E-state index is -0.719. The monoisotopic (exact) mass is 531 g/mol. The number of halogens is 3. The van der Waals surface area contributed by atoms with Crippen LogP contribution in [0.1, 0.15) is 21.6 Å². The van der Waals surface area contributed by atoms with E-state index in [1.165, 1.54) is 10.6 Å². The Labute approximate surface area is 204 Å². The smallest absolute Gasteiger partial charge is 0.273 e. The third kappa shape index (κ3) is 5.05. The number of ether oxygens (including phenoxy) is 1. The number of nitrogens with zero attached hydrogens (tertiary/aromatic N) is 3. The van der Waals surface area contributed by atoms with Crippen LogP contribution in [0.3, 0.4) is 0 Å². The number of hydrogen-bond donors (Lipinski definition) is 0. The van der Waals surface area contributed by atoms with Gasteiger partial charge in [-0.3, -0.25) is 14.2 Å². The van der Waals surface area contributed by atoms with E-state index in [1.54, 1.807) is 37.3 Å². The van der Waals surface area contributed by atoms with E-state index in [-0.39, 0.29) is 33.9 Å². The second-order valence-corrected chi connectivity index (χ2v) is 9.07. The Morgan fingerprint density at radius 2 is 1.79 bits per heavy atom. The molecule has 1 aliphatic rings. The second kappa shape index (κ2) is 10.1. The van der Waals surface area contributed by atoms with Gasteiger partial charge in [0.05, 0.1) is 0 Å². The van der Waals surface area contributed by atoms with E-state index in [2.05, 4.69) is 20.8 Å². The zero-order valence-electron chi connectivity index (χ0n) is 18.9. The zero-order valence-corrected chi connectivity index (χ0v) is 20.4. The van der Waals surface area contributed by atoms with Crippen molar-refractivity contribution in [1.29, 1.82) is 0 Å². The largest absolute Gasteiger partial charge is 0.487 e. The molecule has 9 heteroatoms. The summed E-state index contributed by atoms with van der Waals surface area (Å²) in [5.41, 5.74) is 1.44. The number of amides is 1. The van der Waals surface area contributed by atoms with Crippen LogP contribution in [-0.4, -0.2) is 53.5 Å². The van der Waals surface area contributed by atoms with Crippen molar-refractivity contribution < 1.29 is 18.3 Å². The van der Waals surface area contributed by atoms with Crippen molar-refractivity contribution in [3.05, 3.63) is 91.8 Å². The van der Waals surface area contributed by atoms with E-state index in [4.69, 9.17) is 4.74 Å². The molecule has 178 valence electrons. The molecule has 0 bridgehead atoms. The SMILES string of the molecule is Cc1cc(OCc2ccc(F)cc2F)c(Br)c(=O)n1-c1cccc(C(=O)N2CCN(C)CC2)c1. The summed E-state index contributed by atoms with van der Waals surface area (Å²) >= 11 is 3.29. The molecular formula is C25H24BrF2N3O3. The van der Waals surface area contributed by atoms with Crippen molar-refractivity contribution in [3.8, 4) is 11.4 Å². The van der Waals surface area contributed by atoms with Crippen LogP contribution in [0.15, 0.2) is 57.8 Å². The normalized spacial score (nSPS) is 14.3. The zero-order chi connectivity index (χ0) is 24.4. The number of piperazine rings is 1. The molecule has 6 nitrogen and oxygen atoms in total. The van der Waals surface area contributed by atoms with Crippen LogP contribution in [0.5, 0.6) is 5.75 Å². The van der Waals surface area contributed by atoms with Crippen LogP contribution in [0.25, 0.3) is 5.69 Å². The molecule has 0 spiro atoms. The Bertz CT molecular complexity index is 1290. The van der Waals surface area contributed by atoms with Gasteiger partial charge in [0.2, 0.25) is 0 Å². The molecule has 2 aromatic carbocycles. The predicted molar refractivity (Wildman–Crippen MR) is 129 cm³/mol. The fourth-order valence-electron chi connectivity index (χ4n) is 3.87. The number of aromatic nitrogens is 1. The van der Waals surface area contributed by atoms with Gasteiger partial charge in [-0.05, 0) is 60.2 Å². The summed E-state index contributed by atoms with van der Waals surface area (Å²) in [6, 6.07) is 11.8. The highest BCUT2D eigenvalue weighted by Gasteiger charge is 2.21. The van der Waals surface area contributed by atoms with Gasteiger partial charge >= 0.3 is 0 Å². The van der Waals surface area contributed by atoms with Gasteiger partial charge in [-0.15, -0.1) is 0 Å². The van der Waals surface area contributed by atoms with E-state index in [0.29, 0.717) is 30.0 Å². The molecule has 4 rings (SSSR count). The van der Waals surface area contributed by atoms with Crippen LogP contribution in [-0.2, 0) is 6.61 Å². The quantitative estimate of drug-likeness (QED) is 0.496. The van der Waals surface area contributed by atoms with Crippen LogP contribution >= 0.6 is 15.9 Å². The highest BCUT2D eigenvalue weighted by Crippen LogP contribution is 2.26. The molecule has 0 radical (unpaired) electrons. The molecule has 1 amide bonds. The van der Waals surface area contributed by atoms with Crippen molar-refractivity contribution in [2.24, 2.45) is 0 Å². The lowest BCUT2D eigenvalue weighted by Gasteiger charge is -2.32. The fraction of sp³-hybridized carbons (Fsp3) is 0.280. The standard InChI is InChI=1S/C25H24BrF2N3O3/c1-16-12-22(34-15-18-6-7-19(27)14-21(18)28)23(26)25(33)31(16)20-5-3-4-17(13-20)24(32)30-10-8-29(2)9-11-30/h3-7,12-14H,8-11,15H2,1-2H3. The first-order chi connectivity index (χ1) is 16.2. The molecule has 0 N–H and O–H groups in total. The number of aryl methyl sites for hydroxylation is 1.